The van der Waals surface area contributed by atoms with E-state index in [9.17, 15) is 0 Å². The summed E-state index contributed by atoms with van der Waals surface area (Å²) in [4.78, 5) is 0. The van der Waals surface area contributed by atoms with Crippen LogP contribution in [-0.2, 0) is 6.42 Å². The first-order chi connectivity index (χ1) is 6.84. The van der Waals surface area contributed by atoms with Crippen molar-refractivity contribution in [3.63, 3.8) is 0 Å². The van der Waals surface area contributed by atoms with Crippen molar-refractivity contribution < 1.29 is 0 Å². The number of hydrogen-bond acceptors (Lipinski definition) is 1. The summed E-state index contributed by atoms with van der Waals surface area (Å²) in [6.45, 7) is 0. The van der Waals surface area contributed by atoms with Crippen LogP contribution in [0.3, 0.4) is 0 Å². The molecule has 0 saturated heterocycles. The zero-order valence-corrected chi connectivity index (χ0v) is 8.65. The van der Waals surface area contributed by atoms with E-state index in [-0.39, 0.29) is 0 Å². The maximum Gasteiger partial charge on any atom is 0.00446 e. The molecular formula is C13H19N. The van der Waals surface area contributed by atoms with Crippen LogP contribution in [0.25, 0.3) is 0 Å². The molecule has 2 N–H and O–H groups in total. The first-order valence-electron chi connectivity index (χ1n) is 5.64. The predicted octanol–water partition coefficient (Wildman–Crippen LogP) is 2.75. The molecule has 1 heteroatoms. The molecule has 0 amide bonds. The van der Waals surface area contributed by atoms with Crippen molar-refractivity contribution in [2.45, 2.75) is 38.1 Å². The highest BCUT2D eigenvalue weighted by Crippen LogP contribution is 2.33. The van der Waals surface area contributed by atoms with Crippen LogP contribution >= 0.6 is 0 Å². The number of aryl methyl sites for hydroxylation is 1. The largest absolute Gasteiger partial charge is 0.328 e. The molecule has 1 aromatic rings. The molecular weight excluding hydrogens is 170 g/mol. The standard InChI is InChI=1S/C13H19N/c14-13(10-12-6-7-12)9-8-11-4-2-1-3-5-11/h1-5,12-13H,6-10,14H2. The van der Waals surface area contributed by atoms with Gasteiger partial charge in [-0.05, 0) is 30.7 Å². The Morgan fingerprint density at radius 2 is 1.93 bits per heavy atom. The molecule has 1 aromatic carbocycles. The number of benzene rings is 1. The van der Waals surface area contributed by atoms with E-state index < -0.39 is 0 Å². The summed E-state index contributed by atoms with van der Waals surface area (Å²) in [6, 6.07) is 11.0. The molecule has 1 unspecified atom stereocenters. The van der Waals surface area contributed by atoms with Gasteiger partial charge in [-0.25, -0.2) is 0 Å². The van der Waals surface area contributed by atoms with Crippen molar-refractivity contribution in [1.29, 1.82) is 0 Å². The van der Waals surface area contributed by atoms with Gasteiger partial charge in [-0.3, -0.25) is 0 Å². The molecule has 2 rings (SSSR count). The van der Waals surface area contributed by atoms with Crippen LogP contribution in [0.5, 0.6) is 0 Å². The third kappa shape index (κ3) is 3.15. The Labute approximate surface area is 86.3 Å². The summed E-state index contributed by atoms with van der Waals surface area (Å²) in [7, 11) is 0. The zero-order chi connectivity index (χ0) is 9.80. The van der Waals surface area contributed by atoms with E-state index in [0.29, 0.717) is 6.04 Å². The second-order valence-corrected chi connectivity index (χ2v) is 4.46. The summed E-state index contributed by atoms with van der Waals surface area (Å²) in [5, 5.41) is 0. The monoisotopic (exact) mass is 189 g/mol. The molecule has 0 aromatic heterocycles. The van der Waals surface area contributed by atoms with Gasteiger partial charge in [0.05, 0.1) is 0 Å². The Hall–Kier alpha value is -0.820. The molecule has 0 spiro atoms. The third-order valence-electron chi connectivity index (χ3n) is 2.98. The van der Waals surface area contributed by atoms with Crippen LogP contribution in [0.4, 0.5) is 0 Å². The molecule has 0 bridgehead atoms. The average molecular weight is 189 g/mol. The van der Waals surface area contributed by atoms with Crippen molar-refractivity contribution in [2.24, 2.45) is 11.7 Å². The van der Waals surface area contributed by atoms with E-state index in [1.165, 1.54) is 24.8 Å². The lowest BCUT2D eigenvalue weighted by Gasteiger charge is -2.10. The summed E-state index contributed by atoms with van der Waals surface area (Å²) in [5.41, 5.74) is 7.48. The minimum Gasteiger partial charge on any atom is -0.328 e. The number of nitrogens with two attached hydrogens (primary N) is 1. The van der Waals surface area contributed by atoms with E-state index in [2.05, 4.69) is 30.3 Å². The Kier molecular flexibility index (Phi) is 3.20. The van der Waals surface area contributed by atoms with Crippen LogP contribution in [0, 0.1) is 5.92 Å². The van der Waals surface area contributed by atoms with Gasteiger partial charge in [-0.1, -0.05) is 43.2 Å². The van der Waals surface area contributed by atoms with E-state index in [1.807, 2.05) is 0 Å². The van der Waals surface area contributed by atoms with Crippen LogP contribution in [0.2, 0.25) is 0 Å². The van der Waals surface area contributed by atoms with Crippen molar-refractivity contribution in [3.05, 3.63) is 35.9 Å². The van der Waals surface area contributed by atoms with Crippen LogP contribution in [0.1, 0.15) is 31.2 Å². The van der Waals surface area contributed by atoms with Crippen molar-refractivity contribution >= 4 is 0 Å². The molecule has 1 atom stereocenters. The predicted molar refractivity (Wildman–Crippen MR) is 60.1 cm³/mol. The number of rotatable bonds is 5. The molecule has 76 valence electrons. The number of hydrogen-bond donors (Lipinski definition) is 1. The highest BCUT2D eigenvalue weighted by molar-refractivity contribution is 5.14. The van der Waals surface area contributed by atoms with Crippen molar-refractivity contribution in [1.82, 2.24) is 0 Å². The van der Waals surface area contributed by atoms with E-state index >= 15 is 0 Å². The Bertz CT molecular complexity index is 264. The molecule has 1 aliphatic rings. The van der Waals surface area contributed by atoms with Gasteiger partial charge >= 0.3 is 0 Å². The first kappa shape index (κ1) is 9.72. The van der Waals surface area contributed by atoms with Gasteiger partial charge in [0, 0.05) is 6.04 Å². The maximum atomic E-state index is 6.06. The maximum absolute atomic E-state index is 6.06. The van der Waals surface area contributed by atoms with Gasteiger partial charge in [-0.2, -0.15) is 0 Å². The van der Waals surface area contributed by atoms with E-state index in [4.69, 9.17) is 5.73 Å². The van der Waals surface area contributed by atoms with Gasteiger partial charge in [0.15, 0.2) is 0 Å². The Balaban J connectivity index is 1.70. The fourth-order valence-corrected chi connectivity index (χ4v) is 1.90. The Morgan fingerprint density at radius 3 is 2.57 bits per heavy atom. The highest BCUT2D eigenvalue weighted by Gasteiger charge is 2.23. The average Bonchev–Trinajstić information content (AvgIpc) is 3.00. The summed E-state index contributed by atoms with van der Waals surface area (Å²) in [6.07, 6.45) is 6.35. The molecule has 14 heavy (non-hydrogen) atoms. The fraction of sp³-hybridized carbons (Fsp3) is 0.538. The normalized spacial score (nSPS) is 18.1. The topological polar surface area (TPSA) is 26.0 Å². The van der Waals surface area contributed by atoms with Gasteiger partial charge < -0.3 is 5.73 Å². The van der Waals surface area contributed by atoms with Crippen molar-refractivity contribution in [3.8, 4) is 0 Å². The van der Waals surface area contributed by atoms with Crippen LogP contribution in [0.15, 0.2) is 30.3 Å². The molecule has 1 saturated carbocycles. The minimum atomic E-state index is 0.419. The SMILES string of the molecule is NC(CCc1ccccc1)CC1CC1. The molecule has 1 aliphatic carbocycles. The molecule has 0 radical (unpaired) electrons. The lowest BCUT2D eigenvalue weighted by atomic mass is 10.0. The van der Waals surface area contributed by atoms with E-state index in [1.54, 1.807) is 0 Å². The molecule has 0 heterocycles. The second kappa shape index (κ2) is 4.61. The highest BCUT2D eigenvalue weighted by atomic mass is 14.6. The first-order valence-corrected chi connectivity index (χ1v) is 5.64. The lowest BCUT2D eigenvalue weighted by molar-refractivity contribution is 0.534. The molecule has 0 aliphatic heterocycles. The van der Waals surface area contributed by atoms with E-state index in [0.717, 1.165) is 18.8 Å². The summed E-state index contributed by atoms with van der Waals surface area (Å²) >= 11 is 0. The zero-order valence-electron chi connectivity index (χ0n) is 8.65. The minimum absolute atomic E-state index is 0.419. The van der Waals surface area contributed by atoms with Crippen LogP contribution in [-0.4, -0.2) is 6.04 Å². The quantitative estimate of drug-likeness (QED) is 0.757. The molecule has 1 nitrogen and oxygen atoms in total. The Morgan fingerprint density at radius 1 is 1.21 bits per heavy atom. The summed E-state index contributed by atoms with van der Waals surface area (Å²) in [5.74, 6) is 0.959. The van der Waals surface area contributed by atoms with Crippen LogP contribution < -0.4 is 5.73 Å². The lowest BCUT2D eigenvalue weighted by Crippen LogP contribution is -2.21. The van der Waals surface area contributed by atoms with Gasteiger partial charge in [0.2, 0.25) is 0 Å². The second-order valence-electron chi connectivity index (χ2n) is 4.46. The van der Waals surface area contributed by atoms with Gasteiger partial charge in [-0.15, -0.1) is 0 Å². The fourth-order valence-electron chi connectivity index (χ4n) is 1.90. The van der Waals surface area contributed by atoms with Crippen molar-refractivity contribution in [2.75, 3.05) is 0 Å². The molecule has 1 fully saturated rings. The van der Waals surface area contributed by atoms with Gasteiger partial charge in [0.1, 0.15) is 0 Å². The summed E-state index contributed by atoms with van der Waals surface area (Å²) < 4.78 is 0. The van der Waals surface area contributed by atoms with Gasteiger partial charge in [0.25, 0.3) is 0 Å². The smallest absolute Gasteiger partial charge is 0.00446 e. The third-order valence-corrected chi connectivity index (χ3v) is 2.98.